The van der Waals surface area contributed by atoms with E-state index < -0.39 is 0 Å². The predicted molar refractivity (Wildman–Crippen MR) is 90.6 cm³/mol. The summed E-state index contributed by atoms with van der Waals surface area (Å²) in [6.07, 6.45) is 1.20. The molecular weight excluding hydrogens is 305 g/mol. The van der Waals surface area contributed by atoms with Gasteiger partial charge in [0.25, 0.3) is 0 Å². The smallest absolute Gasteiger partial charge is 0.121 e. The molecule has 0 bridgehead atoms. The summed E-state index contributed by atoms with van der Waals surface area (Å²) in [5.74, 6) is 0.874. The summed E-state index contributed by atoms with van der Waals surface area (Å²) in [6, 6.07) is 13.5. The molecule has 0 aromatic heterocycles. The maximum atomic E-state index is 6.00. The summed E-state index contributed by atoms with van der Waals surface area (Å²) in [6.45, 7) is 4.83. The number of rotatable bonds is 6. The lowest BCUT2D eigenvalue weighted by atomic mass is 10.2. The second-order valence-corrected chi connectivity index (χ2v) is 5.87. The molecule has 0 saturated carbocycles. The van der Waals surface area contributed by atoms with E-state index >= 15 is 0 Å². The van der Waals surface area contributed by atoms with Gasteiger partial charge >= 0.3 is 0 Å². The molecule has 0 radical (unpaired) electrons. The molecule has 0 aliphatic carbocycles. The first-order chi connectivity index (χ1) is 10.1. The van der Waals surface area contributed by atoms with Crippen molar-refractivity contribution in [3.63, 3.8) is 0 Å². The van der Waals surface area contributed by atoms with E-state index in [0.29, 0.717) is 16.6 Å². The van der Waals surface area contributed by atoms with Crippen LogP contribution in [0.1, 0.15) is 25.8 Å². The van der Waals surface area contributed by atoms with Gasteiger partial charge in [-0.2, -0.15) is 0 Å². The Bertz CT molecular complexity index is 581. The normalized spacial score (nSPS) is 12.0. The maximum Gasteiger partial charge on any atom is 0.121 e. The average Bonchev–Trinajstić information content (AvgIpc) is 2.44. The first kappa shape index (κ1) is 16.0. The summed E-state index contributed by atoms with van der Waals surface area (Å²) < 4.78 is 5.81. The van der Waals surface area contributed by atoms with Crippen LogP contribution in [0.3, 0.4) is 0 Å². The number of hydrogen-bond donors (Lipinski definition) is 1. The molecule has 2 aromatic rings. The Morgan fingerprint density at radius 3 is 2.48 bits per heavy atom. The zero-order chi connectivity index (χ0) is 15.2. The van der Waals surface area contributed by atoms with Crippen LogP contribution in [0.25, 0.3) is 0 Å². The molecule has 21 heavy (non-hydrogen) atoms. The van der Waals surface area contributed by atoms with Crippen molar-refractivity contribution in [2.75, 3.05) is 5.32 Å². The minimum Gasteiger partial charge on any atom is -0.491 e. The molecule has 0 heterocycles. The van der Waals surface area contributed by atoms with Gasteiger partial charge < -0.3 is 10.1 Å². The topological polar surface area (TPSA) is 21.3 Å². The number of benzene rings is 2. The van der Waals surface area contributed by atoms with Crippen molar-refractivity contribution < 1.29 is 4.74 Å². The van der Waals surface area contributed by atoms with Gasteiger partial charge in [0, 0.05) is 28.3 Å². The molecule has 0 aliphatic heterocycles. The molecule has 0 amide bonds. The van der Waals surface area contributed by atoms with E-state index in [2.05, 4.69) is 19.2 Å². The Morgan fingerprint density at radius 2 is 1.81 bits per heavy atom. The van der Waals surface area contributed by atoms with Crippen molar-refractivity contribution >= 4 is 28.9 Å². The lowest BCUT2D eigenvalue weighted by molar-refractivity contribution is 0.217. The van der Waals surface area contributed by atoms with Crippen LogP contribution in [0.15, 0.2) is 42.5 Å². The Labute approximate surface area is 136 Å². The summed E-state index contributed by atoms with van der Waals surface area (Å²) in [5.41, 5.74) is 2.05. The Morgan fingerprint density at radius 1 is 1.10 bits per heavy atom. The van der Waals surface area contributed by atoms with Crippen LogP contribution in [0, 0.1) is 0 Å². The highest BCUT2D eigenvalue weighted by atomic mass is 35.5. The van der Waals surface area contributed by atoms with Crippen molar-refractivity contribution in [3.05, 3.63) is 58.1 Å². The molecular formula is C17H19Cl2NO. The molecule has 0 fully saturated rings. The lowest BCUT2D eigenvalue weighted by Crippen LogP contribution is -2.09. The zero-order valence-electron chi connectivity index (χ0n) is 12.2. The van der Waals surface area contributed by atoms with Crippen LogP contribution >= 0.6 is 23.2 Å². The highest BCUT2D eigenvalue weighted by Crippen LogP contribution is 2.22. The summed E-state index contributed by atoms with van der Waals surface area (Å²) >= 11 is 12.0. The molecule has 0 aliphatic rings. The highest BCUT2D eigenvalue weighted by molar-refractivity contribution is 6.34. The Balaban J connectivity index is 2.01. The quantitative estimate of drug-likeness (QED) is 0.727. The molecule has 2 nitrogen and oxygen atoms in total. The van der Waals surface area contributed by atoms with Gasteiger partial charge in [0.05, 0.1) is 6.10 Å². The van der Waals surface area contributed by atoms with Gasteiger partial charge in [-0.15, -0.1) is 0 Å². The fourth-order valence-electron chi connectivity index (χ4n) is 1.91. The van der Waals surface area contributed by atoms with Crippen LogP contribution < -0.4 is 10.1 Å². The summed E-state index contributed by atoms with van der Waals surface area (Å²) in [4.78, 5) is 0. The van der Waals surface area contributed by atoms with E-state index in [1.807, 2.05) is 36.4 Å². The van der Waals surface area contributed by atoms with E-state index in [-0.39, 0.29) is 6.10 Å². The minimum absolute atomic E-state index is 0.215. The largest absolute Gasteiger partial charge is 0.491 e. The average molecular weight is 324 g/mol. The second-order valence-electron chi connectivity index (χ2n) is 5.00. The van der Waals surface area contributed by atoms with Crippen molar-refractivity contribution in [1.29, 1.82) is 0 Å². The van der Waals surface area contributed by atoms with Gasteiger partial charge in [0.1, 0.15) is 5.75 Å². The molecule has 1 unspecified atom stereocenters. The third-order valence-electron chi connectivity index (χ3n) is 3.17. The van der Waals surface area contributed by atoms with E-state index in [1.165, 1.54) is 0 Å². The number of anilines is 1. The number of ether oxygens (including phenoxy) is 1. The van der Waals surface area contributed by atoms with Crippen molar-refractivity contribution in [3.8, 4) is 5.75 Å². The number of halogens is 2. The molecule has 112 valence electrons. The van der Waals surface area contributed by atoms with Gasteiger partial charge in [0.2, 0.25) is 0 Å². The predicted octanol–water partition coefficient (Wildman–Crippen LogP) is 5.78. The number of nitrogens with one attached hydrogen (secondary N) is 1. The van der Waals surface area contributed by atoms with E-state index in [9.17, 15) is 0 Å². The van der Waals surface area contributed by atoms with Gasteiger partial charge in [0.15, 0.2) is 0 Å². The first-order valence-corrected chi connectivity index (χ1v) is 7.78. The van der Waals surface area contributed by atoms with Gasteiger partial charge in [-0.3, -0.25) is 0 Å². The van der Waals surface area contributed by atoms with Gasteiger partial charge in [-0.25, -0.2) is 0 Å². The van der Waals surface area contributed by atoms with Gasteiger partial charge in [-0.1, -0.05) is 36.2 Å². The fraction of sp³-hybridized carbons (Fsp3) is 0.294. The molecule has 4 heteroatoms. The summed E-state index contributed by atoms with van der Waals surface area (Å²) in [5, 5.41) is 4.64. The Kier molecular flexibility index (Phi) is 5.77. The fourth-order valence-corrected chi connectivity index (χ4v) is 2.48. The molecule has 0 saturated heterocycles. The van der Waals surface area contributed by atoms with Crippen LogP contribution in [-0.4, -0.2) is 6.10 Å². The second kappa shape index (κ2) is 7.58. The van der Waals surface area contributed by atoms with E-state index in [0.717, 1.165) is 23.4 Å². The lowest BCUT2D eigenvalue weighted by Gasteiger charge is -2.14. The highest BCUT2D eigenvalue weighted by Gasteiger charge is 2.03. The Hall–Kier alpha value is -1.38. The third-order valence-corrected chi connectivity index (χ3v) is 3.60. The maximum absolute atomic E-state index is 6.00. The molecule has 2 rings (SSSR count). The number of hydrogen-bond acceptors (Lipinski definition) is 2. The van der Waals surface area contributed by atoms with Crippen LogP contribution in [-0.2, 0) is 6.54 Å². The summed E-state index contributed by atoms with van der Waals surface area (Å²) in [7, 11) is 0. The SMILES string of the molecule is CCC(C)Oc1cccc(NCc2cc(Cl)cc(Cl)c2)c1. The van der Waals surface area contributed by atoms with Gasteiger partial charge in [-0.05, 0) is 49.2 Å². The van der Waals surface area contributed by atoms with Crippen molar-refractivity contribution in [1.82, 2.24) is 0 Å². The first-order valence-electron chi connectivity index (χ1n) is 7.02. The molecule has 0 spiro atoms. The minimum atomic E-state index is 0.215. The van der Waals surface area contributed by atoms with E-state index in [1.54, 1.807) is 6.07 Å². The van der Waals surface area contributed by atoms with Crippen LogP contribution in [0.4, 0.5) is 5.69 Å². The molecule has 1 atom stereocenters. The third kappa shape index (κ3) is 5.14. The van der Waals surface area contributed by atoms with E-state index in [4.69, 9.17) is 27.9 Å². The molecule has 2 aromatic carbocycles. The standard InChI is InChI=1S/C17H19Cl2NO/c1-3-12(2)21-17-6-4-5-16(10-17)20-11-13-7-14(18)9-15(19)8-13/h4-10,12,20H,3,11H2,1-2H3. The van der Waals surface area contributed by atoms with Crippen molar-refractivity contribution in [2.45, 2.75) is 32.9 Å². The zero-order valence-corrected chi connectivity index (χ0v) is 13.7. The van der Waals surface area contributed by atoms with Crippen LogP contribution in [0.5, 0.6) is 5.75 Å². The van der Waals surface area contributed by atoms with Crippen LogP contribution in [0.2, 0.25) is 10.0 Å². The van der Waals surface area contributed by atoms with Crippen molar-refractivity contribution in [2.24, 2.45) is 0 Å². The molecule has 1 N–H and O–H groups in total. The monoisotopic (exact) mass is 323 g/mol.